The SMILES string of the molecule is OC[C@@H]1O[C@@H](OC2[C@H](O[C@@H]3CO[C@H](O[C@@H]4CO[C@H](O[C@@H]5CO[C@@H](O[C@@H]6CO[C@@H](O)C(O)[C@H]6O)C(O)[C@H]5O)C(O)[C@H]4O)C(O)[C@H]3O)OC[C@@H](O)[C@@H]2O[C@@H]2O[C@@H](CO)[C@@H](O)C2O)C(O)[C@@H]1O. The molecule has 28 atom stereocenters. The van der Waals surface area contributed by atoms with Crippen LogP contribution in [0.5, 0.6) is 0 Å². The molecule has 0 aromatic rings. The van der Waals surface area contributed by atoms with Crippen LogP contribution in [0.1, 0.15) is 0 Å². The summed E-state index contributed by atoms with van der Waals surface area (Å²) >= 11 is 0. The van der Waals surface area contributed by atoms with Crippen LogP contribution in [-0.4, -0.2) is 300 Å². The Labute approximate surface area is 361 Å². The van der Waals surface area contributed by atoms with Gasteiger partial charge in [0.1, 0.15) is 128 Å². The number of hydrogen-bond acceptors (Lipinski definition) is 29. The van der Waals surface area contributed by atoms with Crippen LogP contribution < -0.4 is 0 Å². The van der Waals surface area contributed by atoms with Crippen LogP contribution in [0, 0.1) is 0 Å². The molecular formula is C35H58O29. The largest absolute Gasteiger partial charge is 0.394 e. The fourth-order valence-corrected chi connectivity index (χ4v) is 8.06. The van der Waals surface area contributed by atoms with Crippen molar-refractivity contribution in [3.05, 3.63) is 0 Å². The Hall–Kier alpha value is -1.16. The van der Waals surface area contributed by atoms with Crippen molar-refractivity contribution in [1.82, 2.24) is 0 Å². The molecule has 0 aromatic heterocycles. The highest BCUT2D eigenvalue weighted by Crippen LogP contribution is 2.35. The van der Waals surface area contributed by atoms with Crippen molar-refractivity contribution in [2.24, 2.45) is 0 Å². The molecule has 7 unspecified atom stereocenters. The molecule has 372 valence electrons. The molecule has 7 aliphatic heterocycles. The molecule has 0 radical (unpaired) electrons. The van der Waals surface area contributed by atoms with Crippen molar-refractivity contribution >= 4 is 0 Å². The maximum absolute atomic E-state index is 11.2. The molecule has 16 N–H and O–H groups in total. The van der Waals surface area contributed by atoms with Gasteiger partial charge < -0.3 is 143 Å². The normalized spacial score (nSPS) is 54.0. The van der Waals surface area contributed by atoms with Gasteiger partial charge in [-0.05, 0) is 0 Å². The fourth-order valence-electron chi connectivity index (χ4n) is 8.06. The molecule has 0 aromatic carbocycles. The first-order chi connectivity index (χ1) is 30.4. The first kappa shape index (κ1) is 50.7. The van der Waals surface area contributed by atoms with E-state index >= 15 is 0 Å². The van der Waals surface area contributed by atoms with Gasteiger partial charge in [0.05, 0.1) is 46.2 Å². The molecule has 7 saturated heterocycles. The minimum Gasteiger partial charge on any atom is -0.394 e. The van der Waals surface area contributed by atoms with Gasteiger partial charge in [-0.3, -0.25) is 0 Å². The van der Waals surface area contributed by atoms with Crippen molar-refractivity contribution in [1.29, 1.82) is 0 Å². The van der Waals surface area contributed by atoms with Crippen molar-refractivity contribution in [2.75, 3.05) is 46.2 Å². The molecule has 7 aliphatic rings. The van der Waals surface area contributed by atoms with Gasteiger partial charge in [-0.1, -0.05) is 0 Å². The zero-order chi connectivity index (χ0) is 46.3. The van der Waals surface area contributed by atoms with Gasteiger partial charge in [0.2, 0.25) is 0 Å². The fraction of sp³-hybridized carbons (Fsp3) is 1.00. The lowest BCUT2D eigenvalue weighted by Gasteiger charge is -2.46. The van der Waals surface area contributed by atoms with Crippen LogP contribution in [0.2, 0.25) is 0 Å². The lowest BCUT2D eigenvalue weighted by Crippen LogP contribution is -2.63. The Balaban J connectivity index is 0.931. The van der Waals surface area contributed by atoms with Crippen LogP contribution in [0.25, 0.3) is 0 Å². The molecule has 7 rings (SSSR count). The van der Waals surface area contributed by atoms with E-state index < -0.39 is 212 Å². The molecule has 0 bridgehead atoms. The molecule has 0 spiro atoms. The number of aliphatic hydroxyl groups is 16. The summed E-state index contributed by atoms with van der Waals surface area (Å²) in [6.07, 6.45) is -45.7. The quantitative estimate of drug-likeness (QED) is 0.0769. The second kappa shape index (κ2) is 21.6. The van der Waals surface area contributed by atoms with E-state index in [1.807, 2.05) is 0 Å². The lowest BCUT2D eigenvalue weighted by atomic mass is 10.0. The third-order valence-corrected chi connectivity index (χ3v) is 12.0. The van der Waals surface area contributed by atoms with E-state index in [0.29, 0.717) is 0 Å². The van der Waals surface area contributed by atoms with E-state index in [2.05, 4.69) is 0 Å². The van der Waals surface area contributed by atoms with E-state index in [4.69, 9.17) is 61.6 Å². The van der Waals surface area contributed by atoms with Gasteiger partial charge in [-0.15, -0.1) is 0 Å². The molecule has 29 heteroatoms. The third kappa shape index (κ3) is 10.5. The molecule has 29 nitrogen and oxygen atoms in total. The first-order valence-electron chi connectivity index (χ1n) is 20.5. The Morgan fingerprint density at radius 1 is 0.312 bits per heavy atom. The molecule has 64 heavy (non-hydrogen) atoms. The summed E-state index contributed by atoms with van der Waals surface area (Å²) in [4.78, 5) is 0. The van der Waals surface area contributed by atoms with Gasteiger partial charge >= 0.3 is 0 Å². The predicted octanol–water partition coefficient (Wildman–Crippen LogP) is -11.8. The number of aliphatic hydroxyl groups excluding tert-OH is 16. The van der Waals surface area contributed by atoms with Crippen LogP contribution in [0.3, 0.4) is 0 Å². The van der Waals surface area contributed by atoms with Gasteiger partial charge in [0.25, 0.3) is 0 Å². The molecule has 7 fully saturated rings. The minimum atomic E-state index is -1.93. The van der Waals surface area contributed by atoms with Crippen molar-refractivity contribution < 1.29 is 143 Å². The highest BCUT2D eigenvalue weighted by molar-refractivity contribution is 4.96. The Morgan fingerprint density at radius 3 is 1.03 bits per heavy atom. The topological polar surface area (TPSA) is 444 Å². The zero-order valence-electron chi connectivity index (χ0n) is 33.6. The lowest BCUT2D eigenvalue weighted by molar-refractivity contribution is -0.372. The molecular weight excluding hydrogens is 884 g/mol. The monoisotopic (exact) mass is 942 g/mol. The second-order valence-electron chi connectivity index (χ2n) is 16.3. The highest BCUT2D eigenvalue weighted by atomic mass is 16.8. The maximum atomic E-state index is 11.2. The summed E-state index contributed by atoms with van der Waals surface area (Å²) in [7, 11) is 0. The number of rotatable bonds is 14. The smallest absolute Gasteiger partial charge is 0.187 e. The summed E-state index contributed by atoms with van der Waals surface area (Å²) in [6.45, 7) is -3.93. The average Bonchev–Trinajstić information content (AvgIpc) is 3.71. The summed E-state index contributed by atoms with van der Waals surface area (Å²) in [6, 6.07) is 0. The summed E-state index contributed by atoms with van der Waals surface area (Å²) in [5.41, 5.74) is 0. The summed E-state index contributed by atoms with van der Waals surface area (Å²) in [5.74, 6) is 0. The van der Waals surface area contributed by atoms with E-state index in [1.54, 1.807) is 0 Å². The molecule has 0 aliphatic carbocycles. The van der Waals surface area contributed by atoms with Crippen LogP contribution in [-0.2, 0) is 61.6 Å². The van der Waals surface area contributed by atoms with Gasteiger partial charge in [-0.25, -0.2) is 0 Å². The first-order valence-corrected chi connectivity index (χ1v) is 20.5. The number of hydrogen-bond donors (Lipinski definition) is 16. The molecule has 0 amide bonds. The summed E-state index contributed by atoms with van der Waals surface area (Å²) in [5, 5.41) is 167. The summed E-state index contributed by atoms with van der Waals surface area (Å²) < 4.78 is 72.2. The second-order valence-corrected chi connectivity index (χ2v) is 16.3. The minimum absolute atomic E-state index is 0.385. The predicted molar refractivity (Wildman–Crippen MR) is 190 cm³/mol. The number of ether oxygens (including phenoxy) is 13. The molecule has 0 saturated carbocycles. The standard InChI is InChI=1S/C35H58O29/c36-1-9-15(39)25(49)33(57-9)63-27-8(38)3-53-35(28(27)64-34-26(50)16(40)10(2-37)58-34)62-14-7-56-32(24(48)20(14)44)61-13-6-55-31(23(47)19(13)43)60-12-5-54-30(22(46)18(12)42)59-11-4-52-29(51)21(45)17(11)41/h8-51H,1-7H2/t8-,9+,10+,11-,12-,13-,14-,15-,16-,17+,18+,19+,20+,21?,22?,23?,24?,25?,26?,27+,28?,29-,30+,31-,32-,33+,34+,35+/m1/s1. The van der Waals surface area contributed by atoms with Crippen molar-refractivity contribution in [3.63, 3.8) is 0 Å². The highest BCUT2D eigenvalue weighted by Gasteiger charge is 2.55. The Kier molecular flexibility index (Phi) is 17.1. The zero-order valence-corrected chi connectivity index (χ0v) is 33.6. The maximum Gasteiger partial charge on any atom is 0.187 e. The van der Waals surface area contributed by atoms with Crippen LogP contribution in [0.15, 0.2) is 0 Å². The average molecular weight is 943 g/mol. The Bertz CT molecular complexity index is 1460. The van der Waals surface area contributed by atoms with Crippen molar-refractivity contribution in [2.45, 2.75) is 172 Å². The van der Waals surface area contributed by atoms with Crippen molar-refractivity contribution in [3.8, 4) is 0 Å². The van der Waals surface area contributed by atoms with E-state index in [9.17, 15) is 81.7 Å². The van der Waals surface area contributed by atoms with E-state index in [-0.39, 0.29) is 6.61 Å². The molecule has 7 heterocycles. The van der Waals surface area contributed by atoms with Gasteiger partial charge in [-0.2, -0.15) is 0 Å². The van der Waals surface area contributed by atoms with Gasteiger partial charge in [0.15, 0.2) is 44.0 Å². The van der Waals surface area contributed by atoms with Crippen LogP contribution >= 0.6 is 0 Å². The van der Waals surface area contributed by atoms with E-state index in [0.717, 1.165) is 0 Å². The van der Waals surface area contributed by atoms with E-state index in [1.165, 1.54) is 0 Å². The van der Waals surface area contributed by atoms with Gasteiger partial charge in [0, 0.05) is 0 Å². The Morgan fingerprint density at radius 2 is 0.641 bits per heavy atom. The third-order valence-electron chi connectivity index (χ3n) is 12.0. The van der Waals surface area contributed by atoms with Crippen LogP contribution in [0.4, 0.5) is 0 Å².